The number of benzene rings is 1. The van der Waals surface area contributed by atoms with E-state index in [0.29, 0.717) is 35.0 Å². The largest absolute Gasteiger partial charge is 0.493 e. The monoisotopic (exact) mass is 340 g/mol. The zero-order chi connectivity index (χ0) is 18.0. The number of rotatable bonds is 5. The second-order valence-corrected chi connectivity index (χ2v) is 5.57. The molecule has 0 atom stereocenters. The molecule has 0 aliphatic heterocycles. The van der Waals surface area contributed by atoms with Crippen LogP contribution in [0.1, 0.15) is 28.7 Å². The first-order valence-electron chi connectivity index (χ1n) is 7.97. The number of aryl methyl sites for hydroxylation is 2. The lowest BCUT2D eigenvalue weighted by Gasteiger charge is -2.12. The number of nitrogens with one attached hydrogen (secondary N) is 1. The van der Waals surface area contributed by atoms with E-state index in [9.17, 15) is 4.79 Å². The van der Waals surface area contributed by atoms with Crippen LogP contribution in [0.2, 0.25) is 0 Å². The Morgan fingerprint density at radius 2 is 2.04 bits per heavy atom. The summed E-state index contributed by atoms with van der Waals surface area (Å²) in [7, 11) is 1.56. The Labute approximate surface area is 145 Å². The van der Waals surface area contributed by atoms with E-state index < -0.39 is 0 Å². The van der Waals surface area contributed by atoms with Gasteiger partial charge < -0.3 is 14.8 Å². The third kappa shape index (κ3) is 3.26. The number of methoxy groups -OCH3 is 1. The molecule has 1 aromatic carbocycles. The van der Waals surface area contributed by atoms with Crippen LogP contribution < -0.4 is 14.8 Å². The Bertz CT molecular complexity index is 933. The predicted octanol–water partition coefficient (Wildman–Crippen LogP) is 3.01. The zero-order valence-corrected chi connectivity index (χ0v) is 14.7. The fourth-order valence-corrected chi connectivity index (χ4v) is 2.60. The van der Waals surface area contributed by atoms with E-state index in [2.05, 4.69) is 15.4 Å². The smallest absolute Gasteiger partial charge is 0.259 e. The summed E-state index contributed by atoms with van der Waals surface area (Å²) in [6.45, 7) is 6.17. The number of hydrogen-bond acceptors (Lipinski definition) is 5. The lowest BCUT2D eigenvalue weighted by atomic mass is 10.2. The molecule has 0 bridgehead atoms. The quantitative estimate of drug-likeness (QED) is 0.772. The Kier molecular flexibility index (Phi) is 4.56. The SMILES string of the molecule is CCOc1ccc(NC(=O)c2cnc3cc(C)nn3c2C)cc1OC. The summed E-state index contributed by atoms with van der Waals surface area (Å²) in [6.07, 6.45) is 1.56. The third-order valence-corrected chi connectivity index (χ3v) is 3.81. The molecule has 3 rings (SSSR count). The number of carbonyl (C=O) groups excluding carboxylic acids is 1. The van der Waals surface area contributed by atoms with Crippen molar-refractivity contribution in [2.75, 3.05) is 19.0 Å². The van der Waals surface area contributed by atoms with Gasteiger partial charge in [-0.25, -0.2) is 9.50 Å². The first-order chi connectivity index (χ1) is 12.0. The highest BCUT2D eigenvalue weighted by Crippen LogP contribution is 2.30. The second-order valence-electron chi connectivity index (χ2n) is 5.57. The number of ether oxygens (including phenoxy) is 2. The highest BCUT2D eigenvalue weighted by molar-refractivity contribution is 6.05. The first-order valence-corrected chi connectivity index (χ1v) is 7.97. The maximum Gasteiger partial charge on any atom is 0.259 e. The van der Waals surface area contributed by atoms with Crippen molar-refractivity contribution in [3.63, 3.8) is 0 Å². The molecular formula is C18H20N4O3. The van der Waals surface area contributed by atoms with Gasteiger partial charge >= 0.3 is 0 Å². The van der Waals surface area contributed by atoms with Crippen molar-refractivity contribution in [2.45, 2.75) is 20.8 Å². The van der Waals surface area contributed by atoms with Crippen molar-refractivity contribution in [3.05, 3.63) is 47.4 Å². The summed E-state index contributed by atoms with van der Waals surface area (Å²) < 4.78 is 12.5. The molecule has 25 heavy (non-hydrogen) atoms. The van der Waals surface area contributed by atoms with Crippen LogP contribution in [-0.4, -0.2) is 34.2 Å². The number of anilines is 1. The number of carbonyl (C=O) groups is 1. The highest BCUT2D eigenvalue weighted by atomic mass is 16.5. The molecule has 0 radical (unpaired) electrons. The number of hydrogen-bond donors (Lipinski definition) is 1. The maximum atomic E-state index is 12.6. The van der Waals surface area contributed by atoms with Gasteiger partial charge in [-0.1, -0.05) is 0 Å². The molecule has 0 saturated heterocycles. The fourth-order valence-electron chi connectivity index (χ4n) is 2.60. The van der Waals surface area contributed by atoms with Crippen LogP contribution in [0, 0.1) is 13.8 Å². The van der Waals surface area contributed by atoms with Gasteiger partial charge in [-0.15, -0.1) is 0 Å². The lowest BCUT2D eigenvalue weighted by Crippen LogP contribution is -2.16. The van der Waals surface area contributed by atoms with Gasteiger partial charge in [0.2, 0.25) is 0 Å². The summed E-state index contributed by atoms with van der Waals surface area (Å²) in [6, 6.07) is 7.13. The molecular weight excluding hydrogens is 320 g/mol. The second kappa shape index (κ2) is 6.80. The Hall–Kier alpha value is -3.09. The van der Waals surface area contributed by atoms with Gasteiger partial charge in [0.1, 0.15) is 0 Å². The van der Waals surface area contributed by atoms with E-state index in [4.69, 9.17) is 9.47 Å². The molecule has 7 heteroatoms. The van der Waals surface area contributed by atoms with Crippen LogP contribution in [0.3, 0.4) is 0 Å². The first kappa shape index (κ1) is 16.8. The van der Waals surface area contributed by atoms with Gasteiger partial charge in [-0.3, -0.25) is 4.79 Å². The standard InChI is InChI=1S/C18H20N4O3/c1-5-25-15-7-6-13(9-16(15)24-4)20-18(23)14-10-19-17-8-11(2)21-22(17)12(14)3/h6-10H,5H2,1-4H3,(H,20,23). The fraction of sp³-hybridized carbons (Fsp3) is 0.278. The lowest BCUT2D eigenvalue weighted by molar-refractivity contribution is 0.102. The van der Waals surface area contributed by atoms with Crippen LogP contribution in [0.5, 0.6) is 11.5 Å². The molecule has 0 aliphatic rings. The molecule has 1 N–H and O–H groups in total. The molecule has 0 saturated carbocycles. The highest BCUT2D eigenvalue weighted by Gasteiger charge is 2.15. The molecule has 3 aromatic rings. The number of nitrogens with zero attached hydrogens (tertiary/aromatic N) is 3. The summed E-state index contributed by atoms with van der Waals surface area (Å²) in [4.78, 5) is 16.9. The molecule has 2 heterocycles. The van der Waals surface area contributed by atoms with Gasteiger partial charge in [0.15, 0.2) is 17.1 Å². The molecule has 0 spiro atoms. The van der Waals surface area contributed by atoms with Crippen LogP contribution in [-0.2, 0) is 0 Å². The van der Waals surface area contributed by atoms with Crippen molar-refractivity contribution < 1.29 is 14.3 Å². The van der Waals surface area contributed by atoms with E-state index in [1.165, 1.54) is 0 Å². The van der Waals surface area contributed by atoms with E-state index >= 15 is 0 Å². The van der Waals surface area contributed by atoms with Crippen molar-refractivity contribution in [1.82, 2.24) is 14.6 Å². The van der Waals surface area contributed by atoms with E-state index in [1.807, 2.05) is 26.8 Å². The molecule has 0 fully saturated rings. The molecule has 1 amide bonds. The predicted molar refractivity (Wildman–Crippen MR) is 94.6 cm³/mol. The minimum atomic E-state index is -0.258. The summed E-state index contributed by atoms with van der Waals surface area (Å²) in [5.41, 5.74) is 3.37. The van der Waals surface area contributed by atoms with Gasteiger partial charge in [-0.05, 0) is 32.9 Å². The van der Waals surface area contributed by atoms with E-state index in [-0.39, 0.29) is 5.91 Å². The molecule has 2 aromatic heterocycles. The van der Waals surface area contributed by atoms with Crippen LogP contribution in [0.4, 0.5) is 5.69 Å². The van der Waals surface area contributed by atoms with Crippen LogP contribution in [0.25, 0.3) is 5.65 Å². The van der Waals surface area contributed by atoms with Gasteiger partial charge in [0.05, 0.1) is 30.7 Å². The van der Waals surface area contributed by atoms with Crippen molar-refractivity contribution in [1.29, 1.82) is 0 Å². The summed E-state index contributed by atoms with van der Waals surface area (Å²) >= 11 is 0. The maximum absolute atomic E-state index is 12.6. The van der Waals surface area contributed by atoms with Gasteiger partial charge in [0.25, 0.3) is 5.91 Å². The van der Waals surface area contributed by atoms with Crippen molar-refractivity contribution in [2.24, 2.45) is 0 Å². The Morgan fingerprint density at radius 3 is 2.76 bits per heavy atom. The molecule has 130 valence electrons. The van der Waals surface area contributed by atoms with Crippen LogP contribution >= 0.6 is 0 Å². The average molecular weight is 340 g/mol. The van der Waals surface area contributed by atoms with Crippen LogP contribution in [0.15, 0.2) is 30.5 Å². The zero-order valence-electron chi connectivity index (χ0n) is 14.7. The summed E-state index contributed by atoms with van der Waals surface area (Å²) in [5, 5.41) is 7.22. The normalized spacial score (nSPS) is 10.7. The van der Waals surface area contributed by atoms with Crippen molar-refractivity contribution >= 4 is 17.2 Å². The Balaban J connectivity index is 1.88. The third-order valence-electron chi connectivity index (χ3n) is 3.81. The number of amides is 1. The van der Waals surface area contributed by atoms with Gasteiger partial charge in [-0.2, -0.15) is 5.10 Å². The van der Waals surface area contributed by atoms with Gasteiger partial charge in [0, 0.05) is 24.0 Å². The molecule has 7 nitrogen and oxygen atoms in total. The summed E-state index contributed by atoms with van der Waals surface area (Å²) in [5.74, 6) is 0.938. The topological polar surface area (TPSA) is 77.8 Å². The minimum absolute atomic E-state index is 0.258. The number of fused-ring (bicyclic) bond motifs is 1. The van der Waals surface area contributed by atoms with E-state index in [1.54, 1.807) is 36.0 Å². The molecule has 0 aliphatic carbocycles. The number of aromatic nitrogens is 3. The average Bonchev–Trinajstić information content (AvgIpc) is 2.98. The Morgan fingerprint density at radius 1 is 1.24 bits per heavy atom. The van der Waals surface area contributed by atoms with E-state index in [0.717, 1.165) is 11.4 Å². The van der Waals surface area contributed by atoms with Crippen molar-refractivity contribution in [3.8, 4) is 11.5 Å². The minimum Gasteiger partial charge on any atom is -0.493 e. The molecule has 0 unspecified atom stereocenters.